The Kier molecular flexibility index (Phi) is 2.88. The van der Waals surface area contributed by atoms with E-state index in [2.05, 4.69) is 0 Å². The minimum Gasteiger partial charge on any atom is -0.477 e. The summed E-state index contributed by atoms with van der Waals surface area (Å²) in [6.45, 7) is 0.822. The predicted molar refractivity (Wildman–Crippen MR) is 45.0 cm³/mol. The van der Waals surface area contributed by atoms with Crippen LogP contribution in [0.3, 0.4) is 0 Å². The number of carboxylic acids is 2. The van der Waals surface area contributed by atoms with Gasteiger partial charge in [-0.25, -0.2) is 22.8 Å². The molecular formula is C9H5F3O4. The first-order valence-electron chi connectivity index (χ1n) is 3.92. The molecule has 0 aliphatic rings. The fourth-order valence-corrected chi connectivity index (χ4v) is 1.16. The molecule has 0 saturated heterocycles. The highest BCUT2D eigenvalue weighted by Crippen LogP contribution is 2.24. The second kappa shape index (κ2) is 3.84. The van der Waals surface area contributed by atoms with Crippen LogP contribution in [-0.2, 0) is 0 Å². The SMILES string of the molecule is Cc1c(F)c(C(=O)O)c(F)c(C(=O)O)c1F. The monoisotopic (exact) mass is 234 g/mol. The Labute approximate surface area is 86.9 Å². The van der Waals surface area contributed by atoms with Crippen LogP contribution < -0.4 is 0 Å². The van der Waals surface area contributed by atoms with E-state index in [1.54, 1.807) is 0 Å². The maximum atomic E-state index is 13.2. The average Bonchev–Trinajstić information content (AvgIpc) is 2.13. The maximum Gasteiger partial charge on any atom is 0.341 e. The number of aromatic carboxylic acids is 2. The van der Waals surface area contributed by atoms with Crippen molar-refractivity contribution in [1.29, 1.82) is 0 Å². The van der Waals surface area contributed by atoms with Crippen molar-refractivity contribution in [3.8, 4) is 0 Å². The van der Waals surface area contributed by atoms with Crippen molar-refractivity contribution in [1.82, 2.24) is 0 Å². The number of hydrogen-bond donors (Lipinski definition) is 2. The third kappa shape index (κ3) is 1.60. The van der Waals surface area contributed by atoms with E-state index in [-0.39, 0.29) is 0 Å². The zero-order chi connectivity index (χ0) is 12.6. The molecule has 0 atom stereocenters. The summed E-state index contributed by atoms with van der Waals surface area (Å²) >= 11 is 0. The molecule has 1 aromatic carbocycles. The zero-order valence-corrected chi connectivity index (χ0v) is 7.84. The van der Waals surface area contributed by atoms with Gasteiger partial charge in [-0.3, -0.25) is 0 Å². The lowest BCUT2D eigenvalue weighted by molar-refractivity contribution is 0.0680. The summed E-state index contributed by atoms with van der Waals surface area (Å²) in [6.07, 6.45) is 0. The van der Waals surface area contributed by atoms with Crippen LogP contribution in [0.15, 0.2) is 0 Å². The summed E-state index contributed by atoms with van der Waals surface area (Å²) in [5, 5.41) is 16.9. The van der Waals surface area contributed by atoms with Gasteiger partial charge in [0.2, 0.25) is 0 Å². The molecule has 0 aliphatic carbocycles. The van der Waals surface area contributed by atoms with Crippen molar-refractivity contribution < 1.29 is 33.0 Å². The molecule has 2 N–H and O–H groups in total. The lowest BCUT2D eigenvalue weighted by Crippen LogP contribution is -2.15. The largest absolute Gasteiger partial charge is 0.477 e. The van der Waals surface area contributed by atoms with Gasteiger partial charge >= 0.3 is 11.9 Å². The fourth-order valence-electron chi connectivity index (χ4n) is 1.16. The van der Waals surface area contributed by atoms with Gasteiger partial charge in [-0.2, -0.15) is 0 Å². The molecule has 0 aliphatic heterocycles. The van der Waals surface area contributed by atoms with E-state index in [1.165, 1.54) is 0 Å². The minimum atomic E-state index is -2.00. The van der Waals surface area contributed by atoms with E-state index < -0.39 is 46.1 Å². The number of hydrogen-bond acceptors (Lipinski definition) is 2. The maximum absolute atomic E-state index is 13.2. The summed E-state index contributed by atoms with van der Waals surface area (Å²) in [6, 6.07) is 0. The van der Waals surface area contributed by atoms with Crippen LogP contribution in [0.4, 0.5) is 13.2 Å². The number of carboxylic acid groups (broad SMARTS) is 2. The molecule has 0 heterocycles. The topological polar surface area (TPSA) is 74.6 Å². The molecule has 0 saturated carbocycles. The van der Waals surface area contributed by atoms with Crippen LogP contribution in [0.2, 0.25) is 0 Å². The number of rotatable bonds is 2. The highest BCUT2D eigenvalue weighted by molar-refractivity contribution is 5.95. The first kappa shape index (κ1) is 12.0. The molecule has 0 amide bonds. The Hall–Kier alpha value is -2.05. The molecule has 0 fully saturated rings. The fraction of sp³-hybridized carbons (Fsp3) is 0.111. The van der Waals surface area contributed by atoms with Gasteiger partial charge in [-0.15, -0.1) is 0 Å². The highest BCUT2D eigenvalue weighted by Gasteiger charge is 2.29. The van der Waals surface area contributed by atoms with E-state index >= 15 is 0 Å². The Balaban J connectivity index is 3.80. The molecule has 4 nitrogen and oxygen atoms in total. The molecule has 1 rings (SSSR count). The van der Waals surface area contributed by atoms with Crippen LogP contribution in [-0.4, -0.2) is 22.2 Å². The molecule has 0 radical (unpaired) electrons. The highest BCUT2D eigenvalue weighted by atomic mass is 19.1. The van der Waals surface area contributed by atoms with Crippen molar-refractivity contribution in [2.75, 3.05) is 0 Å². The van der Waals surface area contributed by atoms with Crippen LogP contribution in [0, 0.1) is 24.4 Å². The number of halogens is 3. The van der Waals surface area contributed by atoms with Gasteiger partial charge < -0.3 is 10.2 Å². The predicted octanol–water partition coefficient (Wildman–Crippen LogP) is 1.81. The number of benzene rings is 1. The Bertz CT molecular complexity index is 455. The molecule has 86 valence electrons. The Morgan fingerprint density at radius 1 is 0.875 bits per heavy atom. The lowest BCUT2D eigenvalue weighted by Gasteiger charge is -2.08. The molecule has 1 aromatic rings. The minimum absolute atomic E-state index is 0.822. The number of carbonyl (C=O) groups is 2. The molecule has 0 unspecified atom stereocenters. The van der Waals surface area contributed by atoms with Crippen LogP contribution in [0.1, 0.15) is 26.3 Å². The van der Waals surface area contributed by atoms with E-state index in [0.29, 0.717) is 0 Å². The Morgan fingerprint density at radius 2 is 1.19 bits per heavy atom. The van der Waals surface area contributed by atoms with Gasteiger partial charge in [0.15, 0.2) is 5.82 Å². The van der Waals surface area contributed by atoms with Gasteiger partial charge in [-0.05, 0) is 6.92 Å². The third-order valence-corrected chi connectivity index (χ3v) is 1.96. The van der Waals surface area contributed by atoms with Gasteiger partial charge in [0.1, 0.15) is 22.8 Å². The smallest absolute Gasteiger partial charge is 0.341 e. The summed E-state index contributed by atoms with van der Waals surface area (Å²) in [5.41, 5.74) is -3.80. The summed E-state index contributed by atoms with van der Waals surface area (Å²) < 4.78 is 39.6. The first-order valence-corrected chi connectivity index (χ1v) is 3.92. The van der Waals surface area contributed by atoms with E-state index in [0.717, 1.165) is 6.92 Å². The van der Waals surface area contributed by atoms with Crippen LogP contribution >= 0.6 is 0 Å². The van der Waals surface area contributed by atoms with E-state index in [9.17, 15) is 22.8 Å². The van der Waals surface area contributed by atoms with Crippen LogP contribution in [0.5, 0.6) is 0 Å². The molecule has 7 heteroatoms. The van der Waals surface area contributed by atoms with Crippen molar-refractivity contribution in [2.45, 2.75) is 6.92 Å². The molecule has 0 spiro atoms. The van der Waals surface area contributed by atoms with Gasteiger partial charge in [-0.1, -0.05) is 0 Å². The summed E-state index contributed by atoms with van der Waals surface area (Å²) in [4.78, 5) is 21.0. The average molecular weight is 234 g/mol. The van der Waals surface area contributed by atoms with Gasteiger partial charge in [0, 0.05) is 5.56 Å². The van der Waals surface area contributed by atoms with Crippen molar-refractivity contribution in [3.05, 3.63) is 34.1 Å². The standard InChI is InChI=1S/C9H5F3O4/c1-2-5(10)3(8(13)14)7(12)4(6(2)11)9(15)16/h1H3,(H,13,14)(H,15,16). The summed E-state index contributed by atoms with van der Waals surface area (Å²) in [7, 11) is 0. The third-order valence-electron chi connectivity index (χ3n) is 1.96. The van der Waals surface area contributed by atoms with Gasteiger partial charge in [0.05, 0.1) is 0 Å². The zero-order valence-electron chi connectivity index (χ0n) is 7.84. The molecule has 0 bridgehead atoms. The van der Waals surface area contributed by atoms with Crippen molar-refractivity contribution in [3.63, 3.8) is 0 Å². The van der Waals surface area contributed by atoms with E-state index in [1.807, 2.05) is 0 Å². The van der Waals surface area contributed by atoms with Crippen LogP contribution in [0.25, 0.3) is 0 Å². The second-order valence-electron chi connectivity index (χ2n) is 2.93. The van der Waals surface area contributed by atoms with Crippen molar-refractivity contribution >= 4 is 11.9 Å². The quantitative estimate of drug-likeness (QED) is 0.818. The molecular weight excluding hydrogens is 229 g/mol. The summed E-state index contributed by atoms with van der Waals surface area (Å²) in [5.74, 6) is -9.16. The lowest BCUT2D eigenvalue weighted by atomic mass is 10.0. The molecule has 0 aromatic heterocycles. The van der Waals surface area contributed by atoms with Crippen molar-refractivity contribution in [2.24, 2.45) is 0 Å². The van der Waals surface area contributed by atoms with E-state index in [4.69, 9.17) is 10.2 Å². The normalized spacial score (nSPS) is 10.2. The molecule has 16 heavy (non-hydrogen) atoms. The first-order chi connectivity index (χ1) is 7.29. The second-order valence-corrected chi connectivity index (χ2v) is 2.93. The Morgan fingerprint density at radius 3 is 1.44 bits per heavy atom. The van der Waals surface area contributed by atoms with Gasteiger partial charge in [0.25, 0.3) is 0 Å².